The number of hydrogen-bond acceptors (Lipinski definition) is 6. The van der Waals surface area contributed by atoms with Crippen molar-refractivity contribution in [1.29, 1.82) is 5.26 Å². The zero-order valence-electron chi connectivity index (χ0n) is 15.3. The number of anilines is 3. The Bertz CT molecular complexity index is 911. The van der Waals surface area contributed by atoms with Crippen molar-refractivity contribution in [3.63, 3.8) is 0 Å². The second-order valence-corrected chi connectivity index (χ2v) is 7.30. The Labute approximate surface area is 160 Å². The normalized spacial score (nSPS) is 22.1. The molecule has 148 valence electrons. The van der Waals surface area contributed by atoms with Gasteiger partial charge in [-0.25, -0.2) is 4.98 Å². The Morgan fingerprint density at radius 1 is 1.25 bits per heavy atom. The summed E-state index contributed by atoms with van der Waals surface area (Å²) in [7, 11) is 1.39. The lowest BCUT2D eigenvalue weighted by Gasteiger charge is -2.12. The number of aromatic nitrogens is 4. The Hall–Kier alpha value is -2.83. The maximum Gasteiger partial charge on any atom is 0.421 e. The predicted octanol–water partition coefficient (Wildman–Crippen LogP) is 4.22. The van der Waals surface area contributed by atoms with Gasteiger partial charge in [-0.2, -0.15) is 28.5 Å². The Balaban J connectivity index is 1.60. The van der Waals surface area contributed by atoms with E-state index in [0.29, 0.717) is 11.6 Å². The molecule has 10 heteroatoms. The second-order valence-electron chi connectivity index (χ2n) is 7.30. The van der Waals surface area contributed by atoms with Crippen LogP contribution in [0.1, 0.15) is 55.3 Å². The molecule has 4 rings (SSSR count). The summed E-state index contributed by atoms with van der Waals surface area (Å²) in [6, 6.07) is 2.48. The highest BCUT2D eigenvalue weighted by molar-refractivity contribution is 5.59. The van der Waals surface area contributed by atoms with E-state index >= 15 is 0 Å². The molecule has 0 aromatic carbocycles. The van der Waals surface area contributed by atoms with Crippen molar-refractivity contribution in [3.05, 3.63) is 23.7 Å². The molecule has 0 unspecified atom stereocenters. The highest BCUT2D eigenvalue weighted by atomic mass is 19.4. The molecular weight excluding hydrogens is 371 g/mol. The molecule has 0 spiro atoms. The first-order chi connectivity index (χ1) is 13.4. The van der Waals surface area contributed by atoms with Crippen molar-refractivity contribution < 1.29 is 13.2 Å². The van der Waals surface area contributed by atoms with Gasteiger partial charge in [-0.1, -0.05) is 0 Å². The van der Waals surface area contributed by atoms with Crippen molar-refractivity contribution >= 4 is 17.5 Å². The van der Waals surface area contributed by atoms with Crippen LogP contribution in [0.3, 0.4) is 0 Å². The molecule has 2 aliphatic carbocycles. The molecule has 2 aliphatic rings. The van der Waals surface area contributed by atoms with Gasteiger partial charge in [0.15, 0.2) is 0 Å². The highest BCUT2D eigenvalue weighted by Gasteiger charge is 2.36. The summed E-state index contributed by atoms with van der Waals surface area (Å²) >= 11 is 0. The van der Waals surface area contributed by atoms with Gasteiger partial charge in [0.25, 0.3) is 0 Å². The van der Waals surface area contributed by atoms with E-state index in [0.717, 1.165) is 44.0 Å². The molecule has 7 nitrogen and oxygen atoms in total. The van der Waals surface area contributed by atoms with E-state index in [1.54, 1.807) is 0 Å². The molecule has 0 bridgehead atoms. The van der Waals surface area contributed by atoms with Gasteiger partial charge < -0.3 is 10.6 Å². The smallest absolute Gasteiger partial charge is 0.372 e. The standard InChI is InChI=1S/C18H20F3N7/c1-23-16-13(18(19,20)21)8-24-17(26-16)25-14-9-28(27-15(14)11-3-4-11)12-5-2-10(6-12)7-22/h8-12H,2-6H2,1H3,(H2,23,24,25,26)/t10-,12+/m0/s1. The number of hydrogen-bond donors (Lipinski definition) is 2. The molecule has 2 aromatic heterocycles. The minimum atomic E-state index is -4.53. The molecule has 0 aliphatic heterocycles. The van der Waals surface area contributed by atoms with Crippen LogP contribution >= 0.6 is 0 Å². The fraction of sp³-hybridized carbons (Fsp3) is 0.556. The van der Waals surface area contributed by atoms with Crippen molar-refractivity contribution in [2.45, 2.75) is 50.2 Å². The van der Waals surface area contributed by atoms with Crippen LogP contribution in [0.5, 0.6) is 0 Å². The zero-order chi connectivity index (χ0) is 19.9. The van der Waals surface area contributed by atoms with E-state index < -0.39 is 11.7 Å². The fourth-order valence-electron chi connectivity index (χ4n) is 3.62. The van der Waals surface area contributed by atoms with Gasteiger partial charge in [0.2, 0.25) is 5.95 Å². The SMILES string of the molecule is CNc1nc(Nc2cn([C@@H]3CC[C@H](C#N)C3)nc2C2CC2)ncc1C(F)(F)F. The summed E-state index contributed by atoms with van der Waals surface area (Å²) in [4.78, 5) is 7.81. The molecular formula is C18H20F3N7. The van der Waals surface area contributed by atoms with Gasteiger partial charge in [-0.05, 0) is 32.1 Å². The second kappa shape index (κ2) is 6.96. The molecule has 2 heterocycles. The van der Waals surface area contributed by atoms with Crippen LogP contribution in [0.25, 0.3) is 0 Å². The molecule has 28 heavy (non-hydrogen) atoms. The van der Waals surface area contributed by atoms with Gasteiger partial charge >= 0.3 is 6.18 Å². The van der Waals surface area contributed by atoms with E-state index in [1.165, 1.54) is 7.05 Å². The lowest BCUT2D eigenvalue weighted by atomic mass is 10.1. The molecule has 2 fully saturated rings. The van der Waals surface area contributed by atoms with E-state index in [-0.39, 0.29) is 23.7 Å². The van der Waals surface area contributed by atoms with Gasteiger partial charge in [0.05, 0.1) is 23.5 Å². The Morgan fingerprint density at radius 2 is 2.04 bits per heavy atom. The average Bonchev–Trinajstić information content (AvgIpc) is 3.24. The third-order valence-corrected chi connectivity index (χ3v) is 5.26. The van der Waals surface area contributed by atoms with Crippen LogP contribution in [0, 0.1) is 17.2 Å². The summed E-state index contributed by atoms with van der Waals surface area (Å²) in [5.41, 5.74) is 0.687. The lowest BCUT2D eigenvalue weighted by Crippen LogP contribution is -2.12. The van der Waals surface area contributed by atoms with Crippen molar-refractivity contribution in [2.75, 3.05) is 17.7 Å². The topological polar surface area (TPSA) is 91.5 Å². The minimum Gasteiger partial charge on any atom is -0.372 e. The number of nitriles is 1. The zero-order valence-corrected chi connectivity index (χ0v) is 15.3. The van der Waals surface area contributed by atoms with Crippen LogP contribution in [0.2, 0.25) is 0 Å². The number of nitrogens with one attached hydrogen (secondary N) is 2. The van der Waals surface area contributed by atoms with Gasteiger partial charge in [-0.15, -0.1) is 0 Å². The maximum absolute atomic E-state index is 13.0. The minimum absolute atomic E-state index is 0.0476. The van der Waals surface area contributed by atoms with Crippen LogP contribution in [0.15, 0.2) is 12.4 Å². The van der Waals surface area contributed by atoms with Crippen molar-refractivity contribution in [2.24, 2.45) is 5.92 Å². The average molecular weight is 391 g/mol. The van der Waals surface area contributed by atoms with Crippen molar-refractivity contribution in [3.8, 4) is 6.07 Å². The molecule has 2 N–H and O–H groups in total. The number of halogens is 3. The quantitative estimate of drug-likeness (QED) is 0.793. The summed E-state index contributed by atoms with van der Waals surface area (Å²) in [6.07, 6.45) is 2.69. The monoisotopic (exact) mass is 391 g/mol. The third-order valence-electron chi connectivity index (χ3n) is 5.26. The number of nitrogens with zero attached hydrogens (tertiary/aromatic N) is 5. The highest BCUT2D eigenvalue weighted by Crippen LogP contribution is 2.44. The number of alkyl halides is 3. The van der Waals surface area contributed by atoms with Gasteiger partial charge in [0, 0.05) is 31.3 Å². The molecule has 2 aromatic rings. The number of rotatable bonds is 5. The van der Waals surface area contributed by atoms with Gasteiger partial charge in [-0.3, -0.25) is 4.68 Å². The Morgan fingerprint density at radius 3 is 2.64 bits per heavy atom. The fourth-order valence-corrected chi connectivity index (χ4v) is 3.62. The first-order valence-corrected chi connectivity index (χ1v) is 9.26. The van der Waals surface area contributed by atoms with Crippen molar-refractivity contribution in [1.82, 2.24) is 19.7 Å². The predicted molar refractivity (Wildman–Crippen MR) is 96.1 cm³/mol. The molecule has 2 saturated carbocycles. The maximum atomic E-state index is 13.0. The van der Waals surface area contributed by atoms with E-state index in [1.807, 2.05) is 10.9 Å². The summed E-state index contributed by atoms with van der Waals surface area (Å²) in [5, 5.41) is 19.3. The molecule has 0 amide bonds. The molecule has 2 atom stereocenters. The molecule has 0 radical (unpaired) electrons. The van der Waals surface area contributed by atoms with E-state index in [2.05, 4.69) is 26.7 Å². The van der Waals surface area contributed by atoms with E-state index in [9.17, 15) is 13.2 Å². The summed E-state index contributed by atoms with van der Waals surface area (Å²) in [5.74, 6) is 0.194. The summed E-state index contributed by atoms with van der Waals surface area (Å²) < 4.78 is 41.0. The summed E-state index contributed by atoms with van der Waals surface area (Å²) in [6.45, 7) is 0. The lowest BCUT2D eigenvalue weighted by molar-refractivity contribution is -0.137. The van der Waals surface area contributed by atoms with Crippen LogP contribution in [0.4, 0.5) is 30.6 Å². The largest absolute Gasteiger partial charge is 0.421 e. The van der Waals surface area contributed by atoms with E-state index in [4.69, 9.17) is 10.4 Å². The van der Waals surface area contributed by atoms with Gasteiger partial charge in [0.1, 0.15) is 11.4 Å². The third kappa shape index (κ3) is 3.61. The van der Waals surface area contributed by atoms with Crippen LogP contribution < -0.4 is 10.6 Å². The molecule has 0 saturated heterocycles. The Kier molecular flexibility index (Phi) is 4.61. The van der Waals surface area contributed by atoms with Crippen LogP contribution in [-0.2, 0) is 6.18 Å². The first kappa shape index (κ1) is 18.5. The van der Waals surface area contributed by atoms with Crippen LogP contribution in [-0.4, -0.2) is 26.8 Å². The first-order valence-electron chi connectivity index (χ1n) is 9.26.